The number of benzene rings is 1. The molecule has 0 saturated carbocycles. The second kappa shape index (κ2) is 5.37. The van der Waals surface area contributed by atoms with Gasteiger partial charge in [-0.15, -0.1) is 0 Å². The smallest absolute Gasteiger partial charge is 0.251 e. The van der Waals surface area contributed by atoms with Gasteiger partial charge in [-0.05, 0) is 61.6 Å². The second-order valence-electron chi connectivity index (χ2n) is 5.81. The Bertz CT molecular complexity index is 815. The predicted molar refractivity (Wildman–Crippen MR) is 84.8 cm³/mol. The minimum atomic E-state index is -0.0657. The van der Waals surface area contributed by atoms with Crippen LogP contribution in [-0.4, -0.2) is 10.9 Å². The molecule has 4 heteroatoms. The maximum Gasteiger partial charge on any atom is 0.251 e. The van der Waals surface area contributed by atoms with Crippen molar-refractivity contribution < 1.29 is 9.21 Å². The Morgan fingerprint density at radius 1 is 1.23 bits per heavy atom. The van der Waals surface area contributed by atoms with Gasteiger partial charge < -0.3 is 14.7 Å². The van der Waals surface area contributed by atoms with Gasteiger partial charge in [0.25, 0.3) is 5.91 Å². The van der Waals surface area contributed by atoms with E-state index in [0.717, 1.165) is 24.1 Å². The van der Waals surface area contributed by atoms with Crippen LogP contribution in [0.25, 0.3) is 10.9 Å². The van der Waals surface area contributed by atoms with Crippen LogP contribution in [0.5, 0.6) is 0 Å². The molecule has 1 aliphatic carbocycles. The summed E-state index contributed by atoms with van der Waals surface area (Å²) in [6, 6.07) is 9.57. The van der Waals surface area contributed by atoms with Gasteiger partial charge >= 0.3 is 0 Å². The number of hydrogen-bond donors (Lipinski definition) is 2. The minimum absolute atomic E-state index is 0.0657. The maximum absolute atomic E-state index is 12.3. The number of rotatable bonds is 3. The van der Waals surface area contributed by atoms with E-state index in [4.69, 9.17) is 4.42 Å². The van der Waals surface area contributed by atoms with Crippen molar-refractivity contribution in [3.8, 4) is 0 Å². The lowest BCUT2D eigenvalue weighted by Crippen LogP contribution is -2.22. The molecule has 1 aromatic carbocycles. The van der Waals surface area contributed by atoms with Crippen molar-refractivity contribution in [2.24, 2.45) is 0 Å². The SMILES string of the molecule is O=C(NCc1ccco1)c1ccc2[nH]c3c(c2c1)CCCC3. The number of carbonyl (C=O) groups excluding carboxylic acids is 1. The first-order chi connectivity index (χ1) is 10.8. The molecule has 4 rings (SSSR count). The molecule has 2 heterocycles. The topological polar surface area (TPSA) is 58.0 Å². The zero-order valence-corrected chi connectivity index (χ0v) is 12.3. The van der Waals surface area contributed by atoms with E-state index < -0.39 is 0 Å². The predicted octanol–water partition coefficient (Wildman–Crippen LogP) is 3.57. The fraction of sp³-hybridized carbons (Fsp3) is 0.278. The third-order valence-corrected chi connectivity index (χ3v) is 4.36. The number of aromatic amines is 1. The van der Waals surface area contributed by atoms with Crippen molar-refractivity contribution in [2.75, 3.05) is 0 Å². The highest BCUT2D eigenvalue weighted by Crippen LogP contribution is 2.29. The largest absolute Gasteiger partial charge is 0.467 e. The molecule has 2 aromatic heterocycles. The van der Waals surface area contributed by atoms with Gasteiger partial charge in [0.2, 0.25) is 0 Å². The summed E-state index contributed by atoms with van der Waals surface area (Å²) in [6.45, 7) is 0.412. The quantitative estimate of drug-likeness (QED) is 0.776. The average molecular weight is 294 g/mol. The van der Waals surface area contributed by atoms with Gasteiger partial charge in [-0.1, -0.05) is 0 Å². The zero-order valence-electron chi connectivity index (χ0n) is 12.3. The molecule has 0 unspecified atom stereocenters. The van der Waals surface area contributed by atoms with E-state index in [1.807, 2.05) is 30.3 Å². The van der Waals surface area contributed by atoms with E-state index in [2.05, 4.69) is 10.3 Å². The van der Waals surface area contributed by atoms with Crippen LogP contribution < -0.4 is 5.32 Å². The fourth-order valence-electron chi connectivity index (χ4n) is 3.23. The number of furan rings is 1. The summed E-state index contributed by atoms with van der Waals surface area (Å²) in [5.41, 5.74) is 4.57. The molecular formula is C18H18N2O2. The molecule has 1 amide bonds. The van der Waals surface area contributed by atoms with Gasteiger partial charge in [0.15, 0.2) is 0 Å². The molecule has 1 aliphatic rings. The summed E-state index contributed by atoms with van der Waals surface area (Å²) < 4.78 is 5.23. The van der Waals surface area contributed by atoms with E-state index >= 15 is 0 Å². The van der Waals surface area contributed by atoms with E-state index in [1.165, 1.54) is 29.5 Å². The van der Waals surface area contributed by atoms with Gasteiger partial charge in [-0.25, -0.2) is 0 Å². The Balaban J connectivity index is 1.60. The third kappa shape index (κ3) is 2.30. The van der Waals surface area contributed by atoms with Crippen LogP contribution in [0.4, 0.5) is 0 Å². The Morgan fingerprint density at radius 2 is 2.14 bits per heavy atom. The second-order valence-corrected chi connectivity index (χ2v) is 5.81. The molecule has 0 spiro atoms. The third-order valence-electron chi connectivity index (χ3n) is 4.36. The van der Waals surface area contributed by atoms with Crippen molar-refractivity contribution in [1.82, 2.24) is 10.3 Å². The summed E-state index contributed by atoms with van der Waals surface area (Å²) in [5, 5.41) is 4.09. The lowest BCUT2D eigenvalue weighted by molar-refractivity contribution is 0.0948. The number of nitrogens with one attached hydrogen (secondary N) is 2. The summed E-state index contributed by atoms with van der Waals surface area (Å²) in [6.07, 6.45) is 6.31. The number of aromatic nitrogens is 1. The number of amides is 1. The minimum Gasteiger partial charge on any atom is -0.467 e. The molecule has 0 aliphatic heterocycles. The van der Waals surface area contributed by atoms with Gasteiger partial charge in [0.1, 0.15) is 5.76 Å². The summed E-state index contributed by atoms with van der Waals surface area (Å²) in [5.74, 6) is 0.692. The molecule has 0 atom stereocenters. The Morgan fingerprint density at radius 3 is 3.00 bits per heavy atom. The number of aryl methyl sites for hydroxylation is 2. The highest BCUT2D eigenvalue weighted by molar-refractivity contribution is 5.99. The van der Waals surface area contributed by atoms with Crippen LogP contribution in [0.2, 0.25) is 0 Å². The lowest BCUT2D eigenvalue weighted by Gasteiger charge is -2.10. The van der Waals surface area contributed by atoms with Crippen LogP contribution in [0.3, 0.4) is 0 Å². The number of carbonyl (C=O) groups is 1. The first-order valence-electron chi connectivity index (χ1n) is 7.75. The molecule has 2 N–H and O–H groups in total. The molecule has 0 radical (unpaired) electrons. The van der Waals surface area contributed by atoms with Crippen molar-refractivity contribution in [2.45, 2.75) is 32.2 Å². The highest BCUT2D eigenvalue weighted by atomic mass is 16.3. The van der Waals surface area contributed by atoms with Crippen LogP contribution in [0.1, 0.15) is 40.2 Å². The molecule has 22 heavy (non-hydrogen) atoms. The Hall–Kier alpha value is -2.49. The average Bonchev–Trinajstić information content (AvgIpc) is 3.19. The molecular weight excluding hydrogens is 276 g/mol. The van der Waals surface area contributed by atoms with Gasteiger partial charge in [-0.3, -0.25) is 4.79 Å². The monoisotopic (exact) mass is 294 g/mol. The maximum atomic E-state index is 12.3. The van der Waals surface area contributed by atoms with E-state index in [-0.39, 0.29) is 5.91 Å². The first-order valence-corrected chi connectivity index (χ1v) is 7.75. The molecule has 0 fully saturated rings. The van der Waals surface area contributed by atoms with Crippen LogP contribution >= 0.6 is 0 Å². The fourth-order valence-corrected chi connectivity index (χ4v) is 3.23. The number of fused-ring (bicyclic) bond motifs is 3. The molecule has 4 nitrogen and oxygen atoms in total. The van der Waals surface area contributed by atoms with Crippen molar-refractivity contribution in [3.05, 3.63) is 59.2 Å². The Labute approximate surface area is 128 Å². The van der Waals surface area contributed by atoms with Crippen LogP contribution in [0, 0.1) is 0 Å². The summed E-state index contributed by atoms with van der Waals surface area (Å²) in [7, 11) is 0. The van der Waals surface area contributed by atoms with E-state index in [0.29, 0.717) is 12.1 Å². The highest BCUT2D eigenvalue weighted by Gasteiger charge is 2.16. The molecule has 0 saturated heterocycles. The molecule has 3 aromatic rings. The summed E-state index contributed by atoms with van der Waals surface area (Å²) in [4.78, 5) is 15.8. The standard InChI is InChI=1S/C18H18N2O2/c21-18(19-11-13-4-3-9-22-13)12-7-8-17-15(10-12)14-5-1-2-6-16(14)20-17/h3-4,7-10,20H,1-2,5-6,11H2,(H,19,21). The van der Waals surface area contributed by atoms with Gasteiger partial charge in [-0.2, -0.15) is 0 Å². The van der Waals surface area contributed by atoms with Gasteiger partial charge in [0, 0.05) is 22.2 Å². The van der Waals surface area contributed by atoms with E-state index in [9.17, 15) is 4.79 Å². The van der Waals surface area contributed by atoms with Crippen molar-refractivity contribution in [1.29, 1.82) is 0 Å². The molecule has 0 bridgehead atoms. The van der Waals surface area contributed by atoms with E-state index in [1.54, 1.807) is 6.26 Å². The Kier molecular flexibility index (Phi) is 3.22. The van der Waals surface area contributed by atoms with Crippen LogP contribution in [-0.2, 0) is 19.4 Å². The first kappa shape index (κ1) is 13.2. The lowest BCUT2D eigenvalue weighted by atomic mass is 9.95. The molecule has 112 valence electrons. The normalized spacial score (nSPS) is 14.0. The van der Waals surface area contributed by atoms with Crippen molar-refractivity contribution >= 4 is 16.8 Å². The summed E-state index contributed by atoms with van der Waals surface area (Å²) >= 11 is 0. The van der Waals surface area contributed by atoms with Crippen molar-refractivity contribution in [3.63, 3.8) is 0 Å². The number of H-pyrrole nitrogens is 1. The number of hydrogen-bond acceptors (Lipinski definition) is 2. The van der Waals surface area contributed by atoms with Crippen LogP contribution in [0.15, 0.2) is 41.0 Å². The zero-order chi connectivity index (χ0) is 14.9. The van der Waals surface area contributed by atoms with Gasteiger partial charge in [0.05, 0.1) is 12.8 Å².